The molecule has 0 saturated carbocycles. The number of H-pyrrole nitrogens is 1. The van der Waals surface area contributed by atoms with Gasteiger partial charge in [0.2, 0.25) is 5.91 Å². The summed E-state index contributed by atoms with van der Waals surface area (Å²) in [5.74, 6) is -0.333. The van der Waals surface area contributed by atoms with Crippen molar-refractivity contribution in [2.75, 3.05) is 11.9 Å². The average Bonchev–Trinajstić information content (AvgIpc) is 3.32. The fourth-order valence-corrected chi connectivity index (χ4v) is 5.00. The Morgan fingerprint density at radius 2 is 1.87 bits per heavy atom. The van der Waals surface area contributed by atoms with Crippen molar-refractivity contribution in [2.45, 2.75) is 30.7 Å². The Bertz CT molecular complexity index is 1190. The summed E-state index contributed by atoms with van der Waals surface area (Å²) in [6.07, 6.45) is 4.37. The molecule has 0 bridgehead atoms. The molecule has 3 heterocycles. The van der Waals surface area contributed by atoms with Gasteiger partial charge in [0.1, 0.15) is 5.69 Å². The van der Waals surface area contributed by atoms with Crippen LogP contribution in [0.5, 0.6) is 0 Å². The van der Waals surface area contributed by atoms with Crippen molar-refractivity contribution >= 4 is 17.5 Å². The molecule has 2 aliphatic rings. The van der Waals surface area contributed by atoms with Crippen molar-refractivity contribution in [3.05, 3.63) is 94.2 Å². The number of aromatic nitrogens is 2. The predicted octanol–water partition coefficient (Wildman–Crippen LogP) is 2.51. The minimum Gasteiger partial charge on any atom is -0.333 e. The maximum absolute atomic E-state index is 13.3. The Morgan fingerprint density at radius 1 is 1.10 bits per heavy atom. The maximum atomic E-state index is 13.3. The number of aryl methyl sites for hydroxylation is 1. The van der Waals surface area contributed by atoms with E-state index in [2.05, 4.69) is 27.4 Å². The second-order valence-electron chi connectivity index (χ2n) is 8.06. The van der Waals surface area contributed by atoms with E-state index in [-0.39, 0.29) is 29.1 Å². The van der Waals surface area contributed by atoms with Gasteiger partial charge < -0.3 is 15.2 Å². The largest absolute Gasteiger partial charge is 0.333 e. The number of hydrogen-bond donors (Lipinski definition) is 2. The monoisotopic (exact) mass is 414 g/mol. The van der Waals surface area contributed by atoms with Crippen LogP contribution in [0.25, 0.3) is 0 Å². The molecule has 2 atom stereocenters. The van der Waals surface area contributed by atoms with Gasteiger partial charge in [0.05, 0.1) is 17.7 Å². The van der Waals surface area contributed by atoms with Crippen molar-refractivity contribution in [3.8, 4) is 0 Å². The molecule has 0 radical (unpaired) electrons. The first-order chi connectivity index (χ1) is 15.1. The van der Waals surface area contributed by atoms with Gasteiger partial charge in [-0.1, -0.05) is 48.5 Å². The summed E-state index contributed by atoms with van der Waals surface area (Å²) in [5, 5.41) is 3.03. The first-order valence-corrected chi connectivity index (χ1v) is 10.4. The summed E-state index contributed by atoms with van der Waals surface area (Å²) >= 11 is 0. The molecular formula is C24H22N4O3. The van der Waals surface area contributed by atoms with Crippen LogP contribution in [0.1, 0.15) is 34.5 Å². The molecule has 3 aromatic rings. The second kappa shape index (κ2) is 7.50. The Balaban J connectivity index is 1.54. The van der Waals surface area contributed by atoms with E-state index in [1.54, 1.807) is 4.90 Å². The standard InChI is InChI=1S/C24H22N4O3/c29-21-15-25-19(14-26-21)22(30)28-13-12-24(17-8-4-5-9-18(17)27-23(24)31)20(28)11-10-16-6-2-1-3-7-16/h1-9,14-15,20H,10-13H2,(H,26,29)(H,27,31)/t20-,24-/m0/s1. The molecule has 156 valence electrons. The van der Waals surface area contributed by atoms with Crippen molar-refractivity contribution in [3.63, 3.8) is 0 Å². The summed E-state index contributed by atoms with van der Waals surface area (Å²) in [5.41, 5.74) is 1.94. The molecule has 0 unspecified atom stereocenters. The number of amides is 2. The molecule has 2 amide bonds. The van der Waals surface area contributed by atoms with Crippen LogP contribution in [0.3, 0.4) is 0 Å². The van der Waals surface area contributed by atoms with Crippen LogP contribution in [-0.4, -0.2) is 39.3 Å². The van der Waals surface area contributed by atoms with Gasteiger partial charge in [-0.05, 0) is 36.5 Å². The number of para-hydroxylation sites is 1. The minimum atomic E-state index is -0.788. The van der Waals surface area contributed by atoms with Gasteiger partial charge >= 0.3 is 0 Å². The molecule has 7 heteroatoms. The van der Waals surface area contributed by atoms with E-state index in [9.17, 15) is 14.4 Å². The third-order valence-electron chi connectivity index (χ3n) is 6.45. The smallest absolute Gasteiger partial charge is 0.274 e. The number of benzene rings is 2. The number of carbonyl (C=O) groups is 2. The van der Waals surface area contributed by atoms with E-state index >= 15 is 0 Å². The zero-order chi connectivity index (χ0) is 21.4. The summed E-state index contributed by atoms with van der Waals surface area (Å²) in [6, 6.07) is 17.5. The maximum Gasteiger partial charge on any atom is 0.274 e. The van der Waals surface area contributed by atoms with E-state index in [1.165, 1.54) is 6.20 Å². The molecule has 1 aromatic heterocycles. The van der Waals surface area contributed by atoms with Gasteiger partial charge in [-0.3, -0.25) is 14.4 Å². The van der Waals surface area contributed by atoms with Gasteiger partial charge in [-0.15, -0.1) is 0 Å². The number of anilines is 1. The molecule has 5 rings (SSSR count). The van der Waals surface area contributed by atoms with Crippen molar-refractivity contribution in [1.29, 1.82) is 0 Å². The number of likely N-dealkylation sites (tertiary alicyclic amines) is 1. The first-order valence-electron chi connectivity index (χ1n) is 10.4. The quantitative estimate of drug-likeness (QED) is 0.686. The van der Waals surface area contributed by atoms with E-state index in [0.29, 0.717) is 19.4 Å². The van der Waals surface area contributed by atoms with Crippen LogP contribution in [0.15, 0.2) is 71.8 Å². The highest BCUT2D eigenvalue weighted by molar-refractivity contribution is 6.08. The van der Waals surface area contributed by atoms with E-state index < -0.39 is 5.41 Å². The number of rotatable bonds is 4. The summed E-state index contributed by atoms with van der Waals surface area (Å²) in [4.78, 5) is 46.3. The van der Waals surface area contributed by atoms with Gasteiger partial charge in [0.15, 0.2) is 0 Å². The Labute approximate surface area is 179 Å². The number of nitrogens with one attached hydrogen (secondary N) is 2. The third kappa shape index (κ3) is 3.13. The van der Waals surface area contributed by atoms with Crippen LogP contribution in [-0.2, 0) is 16.6 Å². The Hall–Kier alpha value is -3.74. The zero-order valence-electron chi connectivity index (χ0n) is 16.9. The molecule has 2 aromatic carbocycles. The Kier molecular flexibility index (Phi) is 4.66. The number of nitrogens with zero attached hydrogens (tertiary/aromatic N) is 2. The lowest BCUT2D eigenvalue weighted by Gasteiger charge is -2.34. The average molecular weight is 414 g/mol. The second-order valence-corrected chi connectivity index (χ2v) is 8.06. The van der Waals surface area contributed by atoms with E-state index in [4.69, 9.17) is 0 Å². The highest BCUT2D eigenvalue weighted by Gasteiger charge is 2.58. The molecule has 2 N–H and O–H groups in total. The lowest BCUT2D eigenvalue weighted by atomic mass is 9.73. The highest BCUT2D eigenvalue weighted by Crippen LogP contribution is 2.49. The lowest BCUT2D eigenvalue weighted by molar-refractivity contribution is -0.121. The molecule has 1 saturated heterocycles. The molecule has 0 aliphatic carbocycles. The molecule has 2 aliphatic heterocycles. The van der Waals surface area contributed by atoms with Crippen molar-refractivity contribution in [1.82, 2.24) is 14.9 Å². The van der Waals surface area contributed by atoms with Crippen molar-refractivity contribution < 1.29 is 9.59 Å². The number of carbonyl (C=O) groups excluding carboxylic acids is 2. The topological polar surface area (TPSA) is 95.2 Å². The van der Waals surface area contributed by atoms with E-state index in [0.717, 1.165) is 29.4 Å². The normalized spacial score (nSPS) is 21.9. The summed E-state index contributed by atoms with van der Waals surface area (Å²) in [6.45, 7) is 0.445. The summed E-state index contributed by atoms with van der Waals surface area (Å²) < 4.78 is 0. The number of fused-ring (bicyclic) bond motifs is 2. The lowest BCUT2D eigenvalue weighted by Crippen LogP contribution is -2.49. The first kappa shape index (κ1) is 19.2. The minimum absolute atomic E-state index is 0.0588. The fraction of sp³-hybridized carbons (Fsp3) is 0.250. The number of aromatic amines is 1. The molecular weight excluding hydrogens is 392 g/mol. The van der Waals surface area contributed by atoms with Crippen LogP contribution < -0.4 is 10.9 Å². The Morgan fingerprint density at radius 3 is 2.65 bits per heavy atom. The van der Waals surface area contributed by atoms with Gasteiger partial charge in [-0.25, -0.2) is 4.98 Å². The molecule has 7 nitrogen and oxygen atoms in total. The SMILES string of the molecule is O=C(c1c[nH]c(=O)cn1)N1CC[C@@]2(C(=O)Nc3ccccc32)[C@@H]1CCc1ccccc1. The van der Waals surface area contributed by atoms with Gasteiger partial charge in [0.25, 0.3) is 11.5 Å². The van der Waals surface area contributed by atoms with Crippen LogP contribution in [0.4, 0.5) is 5.69 Å². The van der Waals surface area contributed by atoms with Gasteiger partial charge in [0, 0.05) is 18.4 Å². The van der Waals surface area contributed by atoms with Crippen LogP contribution >= 0.6 is 0 Å². The third-order valence-corrected chi connectivity index (χ3v) is 6.45. The van der Waals surface area contributed by atoms with Crippen LogP contribution in [0, 0.1) is 0 Å². The van der Waals surface area contributed by atoms with Gasteiger partial charge in [-0.2, -0.15) is 0 Å². The fourth-order valence-electron chi connectivity index (χ4n) is 5.00. The molecule has 1 spiro atoms. The van der Waals surface area contributed by atoms with E-state index in [1.807, 2.05) is 42.5 Å². The van der Waals surface area contributed by atoms with Crippen LogP contribution in [0.2, 0.25) is 0 Å². The highest BCUT2D eigenvalue weighted by atomic mass is 16.2. The summed E-state index contributed by atoms with van der Waals surface area (Å²) in [7, 11) is 0. The number of hydrogen-bond acceptors (Lipinski definition) is 4. The molecule has 1 fully saturated rings. The predicted molar refractivity (Wildman–Crippen MR) is 116 cm³/mol. The molecule has 31 heavy (non-hydrogen) atoms. The zero-order valence-corrected chi connectivity index (χ0v) is 16.9. The van der Waals surface area contributed by atoms with Crippen molar-refractivity contribution in [2.24, 2.45) is 0 Å².